The number of benzene rings is 3. The molecule has 1 aliphatic heterocycles. The van der Waals surface area contributed by atoms with Gasteiger partial charge in [0.25, 0.3) is 0 Å². The second kappa shape index (κ2) is 12.0. The lowest BCUT2D eigenvalue weighted by molar-refractivity contribution is -0.123. The lowest BCUT2D eigenvalue weighted by Gasteiger charge is -2.23. The van der Waals surface area contributed by atoms with E-state index in [2.05, 4.69) is 41.5 Å². The van der Waals surface area contributed by atoms with E-state index in [0.717, 1.165) is 44.8 Å². The summed E-state index contributed by atoms with van der Waals surface area (Å²) < 4.78 is 1.84. The molecule has 0 radical (unpaired) electrons. The van der Waals surface area contributed by atoms with E-state index in [4.69, 9.17) is 5.10 Å². The molecule has 0 saturated carbocycles. The normalized spacial score (nSPS) is 14.8. The van der Waals surface area contributed by atoms with Crippen molar-refractivity contribution < 1.29 is 9.59 Å². The van der Waals surface area contributed by atoms with Crippen LogP contribution >= 0.6 is 11.8 Å². The van der Waals surface area contributed by atoms with Crippen LogP contribution in [0.25, 0.3) is 16.9 Å². The molecule has 5 aromatic rings. The minimum Gasteiger partial charge on any atom is -0.350 e. The molecule has 0 fully saturated rings. The predicted octanol–water partition coefficient (Wildman–Crippen LogP) is 6.04. The monoisotopic (exact) mass is 573 g/mol. The van der Waals surface area contributed by atoms with Crippen LogP contribution in [0.3, 0.4) is 0 Å². The van der Waals surface area contributed by atoms with Crippen LogP contribution in [0.15, 0.2) is 103 Å². The lowest BCUT2D eigenvalue weighted by Crippen LogP contribution is -2.42. The molecule has 2 amide bonds. The van der Waals surface area contributed by atoms with Gasteiger partial charge >= 0.3 is 0 Å². The van der Waals surface area contributed by atoms with Gasteiger partial charge in [-0.2, -0.15) is 5.10 Å². The Hall–Kier alpha value is -4.69. The molecular weight excluding hydrogens is 542 g/mol. The van der Waals surface area contributed by atoms with Gasteiger partial charge in [0.05, 0.1) is 22.4 Å². The van der Waals surface area contributed by atoms with Crippen molar-refractivity contribution in [3.05, 3.63) is 131 Å². The number of hydrogen-bond donors (Lipinski definition) is 1. The number of pyridine rings is 1. The zero-order chi connectivity index (χ0) is 29.1. The smallest absolute Gasteiger partial charge is 0.240 e. The number of fused-ring (bicyclic) bond motifs is 1. The maximum absolute atomic E-state index is 13.9. The Labute approximate surface area is 249 Å². The summed E-state index contributed by atoms with van der Waals surface area (Å²) in [5, 5.41) is 7.98. The number of nitrogens with zero attached hydrogens (tertiary/aromatic N) is 4. The van der Waals surface area contributed by atoms with Gasteiger partial charge < -0.3 is 5.32 Å². The summed E-state index contributed by atoms with van der Waals surface area (Å²) in [6.07, 6.45) is 3.39. The van der Waals surface area contributed by atoms with Crippen LogP contribution in [0.4, 0.5) is 5.82 Å². The molecule has 1 N–H and O–H groups in total. The Bertz CT molecular complexity index is 1740. The fourth-order valence-corrected chi connectivity index (χ4v) is 6.45. The molecule has 3 aromatic carbocycles. The minimum absolute atomic E-state index is 0.121. The van der Waals surface area contributed by atoms with Crippen molar-refractivity contribution in [2.24, 2.45) is 0 Å². The molecule has 42 heavy (non-hydrogen) atoms. The first-order chi connectivity index (χ1) is 20.5. The molecule has 0 saturated heterocycles. The first-order valence-electron chi connectivity index (χ1n) is 13.9. The molecule has 0 bridgehead atoms. The number of amides is 2. The van der Waals surface area contributed by atoms with Gasteiger partial charge in [-0.15, -0.1) is 11.8 Å². The number of carbonyl (C=O) groups is 2. The van der Waals surface area contributed by atoms with Gasteiger partial charge in [-0.1, -0.05) is 72.3 Å². The van der Waals surface area contributed by atoms with Crippen LogP contribution < -0.4 is 10.2 Å². The molecule has 1 atom stereocenters. The molecule has 6 rings (SSSR count). The summed E-state index contributed by atoms with van der Waals surface area (Å²) in [6.45, 7) is 4.34. The van der Waals surface area contributed by atoms with Gasteiger partial charge in [-0.05, 0) is 54.8 Å². The summed E-state index contributed by atoms with van der Waals surface area (Å²) in [6, 6.07) is 30.2. The Balaban J connectivity index is 1.52. The van der Waals surface area contributed by atoms with Gasteiger partial charge in [-0.25, -0.2) is 4.68 Å². The molecule has 0 spiro atoms. The summed E-state index contributed by atoms with van der Waals surface area (Å²) in [7, 11) is 0. The first kappa shape index (κ1) is 27.5. The van der Waals surface area contributed by atoms with Crippen LogP contribution in [0, 0.1) is 13.8 Å². The molecule has 210 valence electrons. The second-order valence-electron chi connectivity index (χ2n) is 10.4. The highest BCUT2D eigenvalue weighted by Gasteiger charge is 2.37. The van der Waals surface area contributed by atoms with Crippen LogP contribution in [0.2, 0.25) is 0 Å². The number of aromatic nitrogens is 3. The summed E-state index contributed by atoms with van der Waals surface area (Å²) >= 11 is 1.57. The second-order valence-corrected chi connectivity index (χ2v) is 11.5. The van der Waals surface area contributed by atoms with Crippen molar-refractivity contribution in [1.82, 2.24) is 20.1 Å². The van der Waals surface area contributed by atoms with Crippen molar-refractivity contribution in [3.63, 3.8) is 0 Å². The highest BCUT2D eigenvalue weighted by molar-refractivity contribution is 8.00. The first-order valence-corrected chi connectivity index (χ1v) is 14.9. The SMILES string of the molecule is Cc1cccc([C@@H]2SCC(=O)N(CC(=O)NCc3ccncc3)c3c2c(-c2ccccc2)nn3-c2cccc(C)c2)c1. The van der Waals surface area contributed by atoms with Crippen LogP contribution in [0.1, 0.15) is 33.1 Å². The van der Waals surface area contributed by atoms with Gasteiger partial charge in [-0.3, -0.25) is 19.5 Å². The van der Waals surface area contributed by atoms with Crippen LogP contribution in [0.5, 0.6) is 0 Å². The van der Waals surface area contributed by atoms with E-state index < -0.39 is 0 Å². The van der Waals surface area contributed by atoms with E-state index in [9.17, 15) is 9.59 Å². The number of nitrogens with one attached hydrogen (secondary N) is 1. The van der Waals surface area contributed by atoms with E-state index >= 15 is 0 Å². The van der Waals surface area contributed by atoms with Gasteiger partial charge in [0.2, 0.25) is 11.8 Å². The molecule has 7 nitrogen and oxygen atoms in total. The van der Waals surface area contributed by atoms with E-state index in [-0.39, 0.29) is 29.4 Å². The number of anilines is 1. The number of aryl methyl sites for hydroxylation is 2. The maximum atomic E-state index is 13.9. The number of carbonyl (C=O) groups excluding carboxylic acids is 2. The molecule has 0 aliphatic carbocycles. The third-order valence-corrected chi connectivity index (χ3v) is 8.52. The quantitative estimate of drug-likeness (QED) is 0.257. The van der Waals surface area contributed by atoms with Crippen molar-refractivity contribution in [3.8, 4) is 16.9 Å². The van der Waals surface area contributed by atoms with Crippen molar-refractivity contribution in [2.75, 3.05) is 17.2 Å². The van der Waals surface area contributed by atoms with Gasteiger partial charge in [0.1, 0.15) is 12.4 Å². The van der Waals surface area contributed by atoms with Gasteiger partial charge in [0, 0.05) is 30.1 Å². The van der Waals surface area contributed by atoms with Gasteiger partial charge in [0.15, 0.2) is 0 Å². The highest BCUT2D eigenvalue weighted by atomic mass is 32.2. The molecule has 1 aliphatic rings. The molecule has 0 unspecified atom stereocenters. The molecule has 8 heteroatoms. The highest BCUT2D eigenvalue weighted by Crippen LogP contribution is 2.48. The summed E-state index contributed by atoms with van der Waals surface area (Å²) in [5.41, 5.74) is 7.75. The van der Waals surface area contributed by atoms with Crippen molar-refractivity contribution >= 4 is 29.4 Å². The predicted molar refractivity (Wildman–Crippen MR) is 168 cm³/mol. The Morgan fingerprint density at radius 3 is 2.40 bits per heavy atom. The fraction of sp³-hybridized carbons (Fsp3) is 0.176. The van der Waals surface area contributed by atoms with E-state index in [0.29, 0.717) is 12.4 Å². The average Bonchev–Trinajstić information content (AvgIpc) is 3.33. The molecule has 2 aromatic heterocycles. The van der Waals surface area contributed by atoms with Crippen molar-refractivity contribution in [2.45, 2.75) is 25.6 Å². The number of thioether (sulfide) groups is 1. The van der Waals surface area contributed by atoms with Crippen LogP contribution in [-0.4, -0.2) is 38.9 Å². The average molecular weight is 574 g/mol. The number of rotatable bonds is 7. The van der Waals surface area contributed by atoms with E-state index in [1.165, 1.54) is 0 Å². The largest absolute Gasteiger partial charge is 0.350 e. The van der Waals surface area contributed by atoms with E-state index in [1.54, 1.807) is 29.1 Å². The summed E-state index contributed by atoms with van der Waals surface area (Å²) in [5.74, 6) is 0.472. The third kappa shape index (κ3) is 5.71. The Morgan fingerprint density at radius 1 is 0.929 bits per heavy atom. The maximum Gasteiger partial charge on any atom is 0.240 e. The zero-order valence-corrected chi connectivity index (χ0v) is 24.3. The molecular formula is C34H31N5O2S. The van der Waals surface area contributed by atoms with Crippen molar-refractivity contribution in [1.29, 1.82) is 0 Å². The lowest BCUT2D eigenvalue weighted by atomic mass is 9.98. The third-order valence-electron chi connectivity index (χ3n) is 7.27. The van der Waals surface area contributed by atoms with Crippen LogP contribution in [-0.2, 0) is 16.1 Å². The van der Waals surface area contributed by atoms with E-state index in [1.807, 2.05) is 78.3 Å². The Kier molecular flexibility index (Phi) is 7.88. The number of hydrogen-bond acceptors (Lipinski definition) is 5. The molecule has 3 heterocycles. The zero-order valence-electron chi connectivity index (χ0n) is 23.5. The topological polar surface area (TPSA) is 80.1 Å². The Morgan fingerprint density at radius 2 is 1.67 bits per heavy atom. The fourth-order valence-electron chi connectivity index (χ4n) is 5.27. The standard InChI is InChI=1S/C34H31N5O2S/c1-23-8-6-12-27(18-23)33-31-32(26-10-4-3-5-11-26)37-39(28-13-7-9-24(2)19-28)34(31)38(30(41)22-42-33)21-29(40)36-20-25-14-16-35-17-15-25/h3-19,33H,20-22H2,1-2H3,(H,36,40)/t33-/m0/s1. The summed E-state index contributed by atoms with van der Waals surface area (Å²) in [4.78, 5) is 32.9. The minimum atomic E-state index is -0.247.